The van der Waals surface area contributed by atoms with Gasteiger partial charge < -0.3 is 12.4 Å². The molecule has 0 amide bonds. The van der Waals surface area contributed by atoms with Crippen LogP contribution in [-0.4, -0.2) is 14.1 Å². The van der Waals surface area contributed by atoms with Gasteiger partial charge >= 0.3 is 18.9 Å². The van der Waals surface area contributed by atoms with Crippen molar-refractivity contribution < 1.29 is 31.3 Å². The molecule has 0 aliphatic rings. The Morgan fingerprint density at radius 3 is 1.57 bits per heavy atom. The molecule has 1 aromatic rings. The molecule has 14 heavy (non-hydrogen) atoms. The second-order valence-corrected chi connectivity index (χ2v) is 6.85. The Morgan fingerprint density at radius 1 is 0.929 bits per heavy atom. The standard InChI is InChI=1S/C9H11.2CH3.Al.ClH.Li/c1-7-4-8(2)6-9(3)5-7;;;;;/h4-5H,1-3H3;2*1H3;;1H;/q;;;;;+1/p-1. The molecule has 1 aromatic carbocycles. The first kappa shape index (κ1) is 17.0. The van der Waals surface area contributed by atoms with E-state index >= 15 is 0 Å². The Hall–Kier alpha value is 0.640. The summed E-state index contributed by atoms with van der Waals surface area (Å²) in [6, 6.07) is 4.60. The van der Waals surface area contributed by atoms with Crippen LogP contribution in [0.5, 0.6) is 0 Å². The largest absolute Gasteiger partial charge is 1.00 e. The van der Waals surface area contributed by atoms with Gasteiger partial charge in [0.15, 0.2) is 0 Å². The first-order chi connectivity index (χ1) is 5.52. The van der Waals surface area contributed by atoms with Gasteiger partial charge in [0.25, 0.3) is 14.1 Å². The minimum Gasteiger partial charge on any atom is -1.00 e. The molecule has 0 unspecified atom stereocenters. The van der Waals surface area contributed by atoms with Crippen molar-refractivity contribution in [2.45, 2.75) is 32.3 Å². The van der Waals surface area contributed by atoms with E-state index in [1.807, 2.05) is 0 Å². The molecule has 0 aliphatic carbocycles. The molecule has 0 aliphatic heterocycles. The van der Waals surface area contributed by atoms with Crippen molar-refractivity contribution in [2.24, 2.45) is 0 Å². The summed E-state index contributed by atoms with van der Waals surface area (Å²) < 4.78 is 1.65. The maximum absolute atomic E-state index is 2.39. The fraction of sp³-hybridized carbons (Fsp3) is 0.455. The Kier molecular flexibility index (Phi) is 8.53. The molecule has 0 radical (unpaired) electrons. The van der Waals surface area contributed by atoms with Crippen molar-refractivity contribution >= 4 is 18.6 Å². The molecule has 0 saturated heterocycles. The summed E-state index contributed by atoms with van der Waals surface area (Å²) in [5.41, 5.74) is 4.38. The van der Waals surface area contributed by atoms with Gasteiger partial charge in [-0.05, 0) is 20.8 Å². The van der Waals surface area contributed by atoms with E-state index in [0.29, 0.717) is 0 Å². The predicted octanol–water partition coefficient (Wildman–Crippen LogP) is -3.42. The number of aryl methyl sites for hydroxylation is 3. The zero-order valence-corrected chi connectivity index (χ0v) is 12.0. The Morgan fingerprint density at radius 2 is 1.29 bits per heavy atom. The maximum Gasteiger partial charge on any atom is 1.00 e. The minimum atomic E-state index is -0.628. The van der Waals surface area contributed by atoms with Crippen LogP contribution in [0.2, 0.25) is 11.6 Å². The summed E-state index contributed by atoms with van der Waals surface area (Å²) in [5, 5.41) is 0. The SMILES string of the molecule is Cc1cc(C)[c]([Al]([CH3])[CH3])c(C)c1.[Cl-].[Li+]. The fourth-order valence-electron chi connectivity index (χ4n) is 2.10. The molecule has 3 heteroatoms. The first-order valence-corrected chi connectivity index (χ1v) is 7.48. The topological polar surface area (TPSA) is 0 Å². The van der Waals surface area contributed by atoms with E-state index in [1.54, 1.807) is 4.43 Å². The predicted molar refractivity (Wildman–Crippen MR) is 57.8 cm³/mol. The zero-order chi connectivity index (χ0) is 9.30. The van der Waals surface area contributed by atoms with Crippen LogP contribution in [0.1, 0.15) is 16.7 Å². The number of hydrogen-bond donors (Lipinski definition) is 0. The van der Waals surface area contributed by atoms with Gasteiger partial charge in [0.2, 0.25) is 0 Å². The van der Waals surface area contributed by atoms with Crippen LogP contribution in [0.25, 0.3) is 0 Å². The van der Waals surface area contributed by atoms with Crippen LogP contribution in [-0.2, 0) is 0 Å². The van der Waals surface area contributed by atoms with E-state index in [4.69, 9.17) is 0 Å². The van der Waals surface area contributed by atoms with Crippen molar-refractivity contribution in [1.29, 1.82) is 0 Å². The Balaban J connectivity index is 0. The van der Waals surface area contributed by atoms with E-state index in [-0.39, 0.29) is 31.3 Å². The number of hydrogen-bond acceptors (Lipinski definition) is 0. The summed E-state index contributed by atoms with van der Waals surface area (Å²) in [6.07, 6.45) is 0. The third-order valence-corrected chi connectivity index (χ3v) is 4.38. The van der Waals surface area contributed by atoms with E-state index in [9.17, 15) is 0 Å². The molecular weight excluding hydrogens is 201 g/mol. The monoisotopic (exact) mass is 218 g/mol. The Bertz CT molecular complexity index is 274. The van der Waals surface area contributed by atoms with Crippen LogP contribution in [0, 0.1) is 20.8 Å². The third-order valence-electron chi connectivity index (χ3n) is 2.32. The van der Waals surface area contributed by atoms with Gasteiger partial charge in [0.05, 0.1) is 0 Å². The molecule has 0 fully saturated rings. The number of halogens is 1. The van der Waals surface area contributed by atoms with Gasteiger partial charge in [-0.3, -0.25) is 0 Å². The molecule has 0 aromatic heterocycles. The molecule has 1 rings (SSSR count). The molecule has 0 nitrogen and oxygen atoms in total. The Labute approximate surface area is 110 Å². The van der Waals surface area contributed by atoms with Gasteiger partial charge in [0.1, 0.15) is 0 Å². The smallest absolute Gasteiger partial charge is 1.00 e. The van der Waals surface area contributed by atoms with E-state index in [0.717, 1.165) is 0 Å². The van der Waals surface area contributed by atoms with Gasteiger partial charge in [-0.2, -0.15) is 0 Å². The van der Waals surface area contributed by atoms with E-state index in [1.165, 1.54) is 16.7 Å². The van der Waals surface area contributed by atoms with Crippen LogP contribution in [0.15, 0.2) is 12.1 Å². The number of rotatable bonds is 1. The van der Waals surface area contributed by atoms with Crippen molar-refractivity contribution in [3.05, 3.63) is 28.8 Å². The second-order valence-electron chi connectivity index (χ2n) is 3.97. The minimum absolute atomic E-state index is 0. The van der Waals surface area contributed by atoms with Crippen molar-refractivity contribution in [2.75, 3.05) is 0 Å². The van der Waals surface area contributed by atoms with Crippen LogP contribution < -0.4 is 35.7 Å². The van der Waals surface area contributed by atoms with Gasteiger partial charge in [-0.15, -0.1) is 16.0 Å². The normalized spacial score (nSPS) is 8.64. The number of benzene rings is 1. The van der Waals surface area contributed by atoms with Gasteiger partial charge in [-0.25, -0.2) is 0 Å². The van der Waals surface area contributed by atoms with Gasteiger partial charge in [-0.1, -0.05) is 28.8 Å². The van der Waals surface area contributed by atoms with Crippen molar-refractivity contribution in [3.8, 4) is 0 Å². The van der Waals surface area contributed by atoms with Crippen LogP contribution in [0.4, 0.5) is 0 Å². The van der Waals surface area contributed by atoms with Crippen LogP contribution in [0.3, 0.4) is 0 Å². The van der Waals surface area contributed by atoms with Crippen molar-refractivity contribution in [3.63, 3.8) is 0 Å². The molecule has 0 atom stereocenters. The summed E-state index contributed by atoms with van der Waals surface area (Å²) in [7, 11) is 0. The average molecular weight is 219 g/mol. The molecule has 0 saturated carbocycles. The molecule has 0 heterocycles. The molecule has 0 N–H and O–H groups in total. The zero-order valence-electron chi connectivity index (χ0n) is 10.1. The fourth-order valence-corrected chi connectivity index (χ4v) is 4.09. The molecule has 72 valence electrons. The molecule has 0 spiro atoms. The first-order valence-electron chi connectivity index (χ1n) is 4.60. The quantitative estimate of drug-likeness (QED) is 0.431. The molecule has 0 bridgehead atoms. The maximum atomic E-state index is 2.39. The van der Waals surface area contributed by atoms with Gasteiger partial charge in [0, 0.05) is 0 Å². The summed E-state index contributed by atoms with van der Waals surface area (Å²) in [4.78, 5) is 0. The van der Waals surface area contributed by atoms with Crippen LogP contribution >= 0.6 is 0 Å². The molecular formula is C11H17AlClLi. The summed E-state index contributed by atoms with van der Waals surface area (Å²) in [6.45, 7) is 6.65. The average Bonchev–Trinajstić information content (AvgIpc) is 1.82. The van der Waals surface area contributed by atoms with E-state index < -0.39 is 14.1 Å². The third kappa shape index (κ3) is 4.02. The summed E-state index contributed by atoms with van der Waals surface area (Å²) >= 11 is -0.628. The van der Waals surface area contributed by atoms with E-state index in [2.05, 4.69) is 44.5 Å². The van der Waals surface area contributed by atoms with Crippen molar-refractivity contribution in [1.82, 2.24) is 0 Å². The summed E-state index contributed by atoms with van der Waals surface area (Å²) in [5.74, 6) is 4.79. The second kappa shape index (κ2) is 7.00.